The van der Waals surface area contributed by atoms with Gasteiger partial charge in [0.1, 0.15) is 5.58 Å². The highest BCUT2D eigenvalue weighted by atomic mass is 16.3. The molecule has 0 saturated carbocycles. The number of aryl methyl sites for hydroxylation is 1. The highest BCUT2D eigenvalue weighted by Gasteiger charge is 2.51. The zero-order valence-electron chi connectivity index (χ0n) is 44.7. The van der Waals surface area contributed by atoms with Gasteiger partial charge in [0.25, 0.3) is 0 Å². The van der Waals surface area contributed by atoms with Gasteiger partial charge in [0.2, 0.25) is 0 Å². The third-order valence-electron chi connectivity index (χ3n) is 19.2. The molecule has 0 spiro atoms. The molecule has 1 aromatic heterocycles. The second-order valence-corrected chi connectivity index (χ2v) is 26.5. The van der Waals surface area contributed by atoms with Crippen molar-refractivity contribution in [2.24, 2.45) is 0 Å². The van der Waals surface area contributed by atoms with Crippen molar-refractivity contribution >= 4 is 68.1 Å². The van der Waals surface area contributed by atoms with E-state index in [1.807, 2.05) is 0 Å². The number of nitrogens with zero attached hydrogens (tertiary/aromatic N) is 2. The molecule has 3 nitrogen and oxygen atoms in total. The van der Waals surface area contributed by atoms with Crippen LogP contribution in [0.3, 0.4) is 0 Å². The Morgan fingerprint density at radius 2 is 0.915 bits per heavy atom. The van der Waals surface area contributed by atoms with Crippen LogP contribution < -0.4 is 20.6 Å². The summed E-state index contributed by atoms with van der Waals surface area (Å²) in [6.07, 6.45) is 6.96. The van der Waals surface area contributed by atoms with Gasteiger partial charge in [-0.2, -0.15) is 0 Å². The van der Waals surface area contributed by atoms with E-state index in [1.54, 1.807) is 0 Å². The van der Waals surface area contributed by atoms with Gasteiger partial charge >= 0.3 is 6.85 Å². The lowest BCUT2D eigenvalue weighted by atomic mass is 9.42. The first-order valence-electron chi connectivity index (χ1n) is 26.8. The van der Waals surface area contributed by atoms with E-state index in [1.165, 1.54) is 118 Å². The number of hydrogen-bond donors (Lipinski definition) is 0. The molecule has 71 heavy (non-hydrogen) atoms. The Kier molecular flexibility index (Phi) is 9.22. The molecule has 0 radical (unpaired) electrons. The molecular formula is C67H71BN2O. The molecule has 4 heteroatoms. The van der Waals surface area contributed by atoms with Crippen LogP contribution in [-0.2, 0) is 32.5 Å². The second-order valence-electron chi connectivity index (χ2n) is 26.5. The smallest absolute Gasteiger partial charge is 0.333 e. The summed E-state index contributed by atoms with van der Waals surface area (Å²) in [4.78, 5) is 5.48. The van der Waals surface area contributed by atoms with Gasteiger partial charge in [-0.05, 0) is 193 Å². The van der Waals surface area contributed by atoms with Crippen LogP contribution in [0.25, 0.3) is 44.2 Å². The largest absolute Gasteiger partial charge is 0.454 e. The Labute approximate surface area is 423 Å². The number of fused-ring (bicyclic) bond motifs is 11. The van der Waals surface area contributed by atoms with E-state index < -0.39 is 0 Å². The highest BCUT2D eigenvalue weighted by molar-refractivity contribution is 6.94. The Morgan fingerprint density at radius 1 is 0.437 bits per heavy atom. The van der Waals surface area contributed by atoms with Crippen LogP contribution in [0.15, 0.2) is 126 Å². The molecule has 8 aromatic rings. The first kappa shape index (κ1) is 44.9. The highest BCUT2D eigenvalue weighted by Crippen LogP contribution is 2.58. The third kappa shape index (κ3) is 6.41. The number of furan rings is 1. The molecule has 0 unspecified atom stereocenters. The summed E-state index contributed by atoms with van der Waals surface area (Å²) in [5.74, 6) is 0. The van der Waals surface area contributed by atoms with Gasteiger partial charge in [0.15, 0.2) is 5.58 Å². The average molecular weight is 931 g/mol. The van der Waals surface area contributed by atoms with E-state index >= 15 is 0 Å². The third-order valence-corrected chi connectivity index (χ3v) is 19.2. The molecule has 0 atom stereocenters. The number of para-hydroxylation sites is 1. The van der Waals surface area contributed by atoms with Crippen LogP contribution in [0.5, 0.6) is 0 Å². The van der Waals surface area contributed by atoms with Crippen molar-refractivity contribution in [3.8, 4) is 22.3 Å². The number of benzene rings is 7. The lowest BCUT2D eigenvalue weighted by Crippen LogP contribution is -2.62. The predicted molar refractivity (Wildman–Crippen MR) is 303 cm³/mol. The van der Waals surface area contributed by atoms with E-state index in [0.29, 0.717) is 0 Å². The molecule has 13 rings (SSSR count). The van der Waals surface area contributed by atoms with E-state index in [4.69, 9.17) is 4.42 Å². The fraction of sp³-hybridized carbons (Fsp3) is 0.373. The van der Waals surface area contributed by atoms with Gasteiger partial charge in [-0.3, -0.25) is 0 Å². The SMILES string of the molecule is Cc1cc2c(cc1N1c3cc4c(cc3B3c5c(cc6c(oc7ccccc76)c51)-c1cc5c(cc1N3c1ccc(-c3ccccc3)cc1)C(C)(C)CCC5(C)C)C(C)(C)CCC4(C)C)C(C)(C)CCC2(C)C. The molecule has 3 heterocycles. The molecule has 0 N–H and O–H groups in total. The Morgan fingerprint density at radius 3 is 1.51 bits per heavy atom. The molecule has 3 aliphatic carbocycles. The molecule has 7 aromatic carbocycles. The van der Waals surface area contributed by atoms with Gasteiger partial charge in [0.05, 0.1) is 5.69 Å². The van der Waals surface area contributed by atoms with E-state index in [-0.39, 0.29) is 39.3 Å². The molecule has 5 aliphatic rings. The van der Waals surface area contributed by atoms with Crippen molar-refractivity contribution in [2.45, 2.75) is 161 Å². The summed E-state index contributed by atoms with van der Waals surface area (Å²) in [6, 6.07) is 47.5. The molecular weight excluding hydrogens is 860 g/mol. The normalized spacial score (nSPS) is 20.2. The van der Waals surface area contributed by atoms with Crippen molar-refractivity contribution < 1.29 is 4.42 Å². The second kappa shape index (κ2) is 14.6. The maximum absolute atomic E-state index is 7.39. The maximum Gasteiger partial charge on any atom is 0.333 e. The summed E-state index contributed by atoms with van der Waals surface area (Å²) in [5, 5.41) is 2.35. The average Bonchev–Trinajstić information content (AvgIpc) is 3.72. The Hall–Kier alpha value is -6.00. The van der Waals surface area contributed by atoms with Crippen molar-refractivity contribution in [3.63, 3.8) is 0 Å². The van der Waals surface area contributed by atoms with Crippen LogP contribution in [0, 0.1) is 6.92 Å². The van der Waals surface area contributed by atoms with Gasteiger partial charge < -0.3 is 14.1 Å². The van der Waals surface area contributed by atoms with Crippen molar-refractivity contribution in [2.75, 3.05) is 9.71 Å². The molecule has 0 bridgehead atoms. The van der Waals surface area contributed by atoms with Gasteiger partial charge in [-0.1, -0.05) is 156 Å². The summed E-state index contributed by atoms with van der Waals surface area (Å²) in [6.45, 7) is 32.0. The standard InChI is InChI=1S/C67H71BN2O/c1-40-33-48-51(65(8,9)30-27-62(48,2)3)37-55(40)69-57-39-53-50(64(6,7)29-32-67(53,12)13)36-54(57)68-59-46(34-47-44-21-17-18-22-58(44)71-61(47)60(59)69)45-35-49-52(66(10,11)31-28-63(49,4)5)38-56(45)70(68)43-25-23-42(24-26-43)41-19-15-14-16-20-41/h14-26,33-39H,27-32H2,1-13H3. The lowest BCUT2D eigenvalue weighted by molar-refractivity contribution is 0.331. The van der Waals surface area contributed by atoms with E-state index in [2.05, 4.69) is 221 Å². The van der Waals surface area contributed by atoms with Crippen LogP contribution in [0.4, 0.5) is 28.4 Å². The lowest BCUT2D eigenvalue weighted by Gasteiger charge is -2.50. The summed E-state index contributed by atoms with van der Waals surface area (Å²) in [7, 11) is 0. The fourth-order valence-corrected chi connectivity index (χ4v) is 14.2. The minimum atomic E-state index is -0.142. The Bertz CT molecular complexity index is 3560. The monoisotopic (exact) mass is 931 g/mol. The summed E-state index contributed by atoms with van der Waals surface area (Å²) < 4.78 is 7.39. The maximum atomic E-state index is 7.39. The number of rotatable bonds is 3. The summed E-state index contributed by atoms with van der Waals surface area (Å²) >= 11 is 0. The minimum absolute atomic E-state index is 0.00282. The van der Waals surface area contributed by atoms with Crippen LogP contribution in [0.1, 0.15) is 161 Å². The summed E-state index contributed by atoms with van der Waals surface area (Å²) in [5.41, 5.74) is 26.3. The first-order chi connectivity index (χ1) is 33.6. The van der Waals surface area contributed by atoms with Crippen LogP contribution in [0.2, 0.25) is 0 Å². The number of anilines is 5. The van der Waals surface area contributed by atoms with Gasteiger partial charge in [0, 0.05) is 39.1 Å². The molecule has 0 amide bonds. The van der Waals surface area contributed by atoms with Crippen LogP contribution >= 0.6 is 0 Å². The zero-order chi connectivity index (χ0) is 49.5. The van der Waals surface area contributed by atoms with E-state index in [9.17, 15) is 0 Å². The minimum Gasteiger partial charge on any atom is -0.454 e. The van der Waals surface area contributed by atoms with Crippen molar-refractivity contribution in [1.29, 1.82) is 0 Å². The molecule has 0 fully saturated rings. The first-order valence-corrected chi connectivity index (χ1v) is 26.8. The van der Waals surface area contributed by atoms with Crippen molar-refractivity contribution in [1.82, 2.24) is 0 Å². The fourth-order valence-electron chi connectivity index (χ4n) is 14.2. The molecule has 0 saturated heterocycles. The quantitative estimate of drug-likeness (QED) is 0.165. The number of hydrogen-bond acceptors (Lipinski definition) is 3. The topological polar surface area (TPSA) is 19.6 Å². The predicted octanol–water partition coefficient (Wildman–Crippen LogP) is 17.3. The Balaban J connectivity index is 1.21. The van der Waals surface area contributed by atoms with Gasteiger partial charge in [-0.25, -0.2) is 0 Å². The van der Waals surface area contributed by atoms with Gasteiger partial charge in [-0.15, -0.1) is 0 Å². The molecule has 2 aliphatic heterocycles. The molecule has 358 valence electrons. The van der Waals surface area contributed by atoms with Crippen LogP contribution in [-0.4, -0.2) is 6.85 Å². The zero-order valence-corrected chi connectivity index (χ0v) is 44.7. The van der Waals surface area contributed by atoms with Crippen molar-refractivity contribution in [3.05, 3.63) is 160 Å². The van der Waals surface area contributed by atoms with E-state index in [0.717, 1.165) is 43.3 Å².